The first-order chi connectivity index (χ1) is 14.8. The maximum Gasteiger partial charge on any atom is 0.309 e. The number of aliphatic hydroxyl groups excluding tert-OH is 1. The van der Waals surface area contributed by atoms with Crippen LogP contribution in [0.4, 0.5) is 0 Å². The lowest BCUT2D eigenvalue weighted by Gasteiger charge is -2.25. The summed E-state index contributed by atoms with van der Waals surface area (Å²) >= 11 is 0. The zero-order chi connectivity index (χ0) is 24.6. The second kappa shape index (κ2) is 12.9. The SMILES string of the molecule is C/C1=C\C(C)C(=O)CC(O)/C(C)=C/C(C)CC(C)CCC(C(C)C(=O)O)OC(=O)C(C)C1. The van der Waals surface area contributed by atoms with E-state index in [9.17, 15) is 24.6 Å². The molecule has 0 aromatic rings. The molecule has 0 fully saturated rings. The van der Waals surface area contributed by atoms with Crippen molar-refractivity contribution in [1.29, 1.82) is 0 Å². The zero-order valence-corrected chi connectivity index (χ0v) is 20.8. The number of ether oxygens (including phenoxy) is 1. The van der Waals surface area contributed by atoms with Gasteiger partial charge in [-0.1, -0.05) is 45.4 Å². The molecule has 0 amide bonds. The quantitative estimate of drug-likeness (QED) is 0.456. The van der Waals surface area contributed by atoms with Gasteiger partial charge in [0.25, 0.3) is 0 Å². The summed E-state index contributed by atoms with van der Waals surface area (Å²) in [5.41, 5.74) is 1.69. The van der Waals surface area contributed by atoms with E-state index in [0.717, 1.165) is 24.0 Å². The molecule has 1 aliphatic rings. The Balaban J connectivity index is 3.17. The first-order valence-corrected chi connectivity index (χ1v) is 11.8. The molecule has 0 saturated carbocycles. The van der Waals surface area contributed by atoms with Crippen LogP contribution in [0, 0.1) is 29.6 Å². The minimum absolute atomic E-state index is 0.0442. The van der Waals surface area contributed by atoms with Crippen LogP contribution in [0.5, 0.6) is 0 Å². The molecule has 0 bridgehead atoms. The smallest absolute Gasteiger partial charge is 0.309 e. The van der Waals surface area contributed by atoms with Crippen molar-refractivity contribution >= 4 is 17.7 Å². The molecule has 0 aromatic heterocycles. The molecule has 2 N–H and O–H groups in total. The molecular formula is C26H42O6. The van der Waals surface area contributed by atoms with E-state index in [-0.39, 0.29) is 30.0 Å². The van der Waals surface area contributed by atoms with Gasteiger partial charge in [0.05, 0.1) is 17.9 Å². The number of carbonyl (C=O) groups excluding carboxylic acids is 2. The Morgan fingerprint density at radius 1 is 1.06 bits per heavy atom. The van der Waals surface area contributed by atoms with Crippen LogP contribution in [-0.4, -0.2) is 40.1 Å². The highest BCUT2D eigenvalue weighted by Crippen LogP contribution is 2.26. The number of aliphatic hydroxyl groups is 1. The Labute approximate surface area is 193 Å². The van der Waals surface area contributed by atoms with Gasteiger partial charge in [0.15, 0.2) is 0 Å². The maximum atomic E-state index is 12.7. The van der Waals surface area contributed by atoms with Crippen molar-refractivity contribution in [2.24, 2.45) is 29.6 Å². The average Bonchev–Trinajstić information content (AvgIpc) is 2.68. The average molecular weight is 451 g/mol. The van der Waals surface area contributed by atoms with Crippen LogP contribution in [0.3, 0.4) is 0 Å². The van der Waals surface area contributed by atoms with E-state index >= 15 is 0 Å². The number of ketones is 1. The van der Waals surface area contributed by atoms with Gasteiger partial charge in [0, 0.05) is 12.3 Å². The fourth-order valence-corrected chi connectivity index (χ4v) is 4.36. The first kappa shape index (κ1) is 28.1. The van der Waals surface area contributed by atoms with Crippen molar-refractivity contribution in [1.82, 2.24) is 0 Å². The lowest BCUT2D eigenvalue weighted by molar-refractivity contribution is -0.161. The molecule has 6 nitrogen and oxygen atoms in total. The van der Waals surface area contributed by atoms with Crippen LogP contribution in [0.25, 0.3) is 0 Å². The van der Waals surface area contributed by atoms with Crippen LogP contribution in [0.1, 0.15) is 80.6 Å². The molecule has 1 rings (SSSR count). The monoisotopic (exact) mass is 450 g/mol. The number of aliphatic carboxylic acids is 1. The van der Waals surface area contributed by atoms with Crippen molar-refractivity contribution in [2.45, 2.75) is 92.8 Å². The van der Waals surface area contributed by atoms with Crippen LogP contribution >= 0.6 is 0 Å². The topological polar surface area (TPSA) is 101 Å². The van der Waals surface area contributed by atoms with E-state index in [2.05, 4.69) is 13.8 Å². The summed E-state index contributed by atoms with van der Waals surface area (Å²) in [6.45, 7) is 13.0. The molecule has 7 atom stereocenters. The van der Waals surface area contributed by atoms with Crippen molar-refractivity contribution in [3.8, 4) is 0 Å². The van der Waals surface area contributed by atoms with Gasteiger partial charge >= 0.3 is 11.9 Å². The number of rotatable bonds is 2. The maximum absolute atomic E-state index is 12.7. The van der Waals surface area contributed by atoms with Gasteiger partial charge in [-0.3, -0.25) is 14.4 Å². The number of allylic oxidation sites excluding steroid dienone is 3. The third-order valence-electron chi connectivity index (χ3n) is 6.47. The number of carboxylic acid groups (broad SMARTS) is 1. The van der Waals surface area contributed by atoms with Crippen LogP contribution in [0.2, 0.25) is 0 Å². The predicted octanol–water partition coefficient (Wildman–Crippen LogP) is 4.95. The second-order valence-electron chi connectivity index (χ2n) is 10.0. The van der Waals surface area contributed by atoms with Gasteiger partial charge in [0.2, 0.25) is 0 Å². The van der Waals surface area contributed by atoms with Gasteiger partial charge in [-0.25, -0.2) is 0 Å². The van der Waals surface area contributed by atoms with Crippen molar-refractivity contribution < 1.29 is 29.3 Å². The molecule has 6 heteroatoms. The Hall–Kier alpha value is -1.95. The molecule has 1 heterocycles. The molecular weight excluding hydrogens is 408 g/mol. The summed E-state index contributed by atoms with van der Waals surface area (Å²) < 4.78 is 5.67. The standard InChI is InChI=1S/C26H42O6/c1-15-8-9-24(21(7)25(29)30)32-26(31)20(6)13-17(3)12-19(5)23(28)14-22(27)18(4)11-16(2)10-15/h11-12,15-16,19-22,24,27H,8-10,13-14H2,1-7H3,(H,29,30)/b17-12+,18-11+. The van der Waals surface area contributed by atoms with Crippen molar-refractivity contribution in [3.63, 3.8) is 0 Å². The lowest BCUT2D eigenvalue weighted by Crippen LogP contribution is -2.33. The highest BCUT2D eigenvalue weighted by atomic mass is 16.5. The van der Waals surface area contributed by atoms with E-state index in [4.69, 9.17) is 4.74 Å². The van der Waals surface area contributed by atoms with Crippen LogP contribution < -0.4 is 0 Å². The molecule has 182 valence electrons. The summed E-state index contributed by atoms with van der Waals surface area (Å²) in [6.07, 6.45) is 4.96. The second-order valence-corrected chi connectivity index (χ2v) is 10.0. The number of cyclic esters (lactones) is 1. The molecule has 0 radical (unpaired) electrons. The van der Waals surface area contributed by atoms with Crippen LogP contribution in [0.15, 0.2) is 23.3 Å². The Morgan fingerprint density at radius 2 is 1.69 bits per heavy atom. The molecule has 0 spiro atoms. The number of esters is 1. The molecule has 0 aliphatic carbocycles. The Morgan fingerprint density at radius 3 is 2.28 bits per heavy atom. The van der Waals surface area contributed by atoms with Gasteiger partial charge in [-0.2, -0.15) is 0 Å². The fraction of sp³-hybridized carbons (Fsp3) is 0.731. The number of carboxylic acids is 1. The fourth-order valence-electron chi connectivity index (χ4n) is 4.36. The largest absolute Gasteiger partial charge is 0.481 e. The molecule has 32 heavy (non-hydrogen) atoms. The van der Waals surface area contributed by atoms with E-state index < -0.39 is 36.0 Å². The van der Waals surface area contributed by atoms with Crippen molar-refractivity contribution in [3.05, 3.63) is 23.3 Å². The Bertz CT molecular complexity index is 722. The molecule has 1 aliphatic heterocycles. The summed E-state index contributed by atoms with van der Waals surface area (Å²) in [4.78, 5) is 36.9. The highest BCUT2D eigenvalue weighted by molar-refractivity contribution is 5.83. The molecule has 0 aromatic carbocycles. The predicted molar refractivity (Wildman–Crippen MR) is 125 cm³/mol. The highest BCUT2D eigenvalue weighted by Gasteiger charge is 2.29. The lowest BCUT2D eigenvalue weighted by atomic mass is 9.88. The Kier molecular flexibility index (Phi) is 11.3. The van der Waals surface area contributed by atoms with E-state index in [1.165, 1.54) is 0 Å². The van der Waals surface area contributed by atoms with E-state index in [1.54, 1.807) is 20.8 Å². The van der Waals surface area contributed by atoms with Crippen LogP contribution in [-0.2, 0) is 19.1 Å². The minimum atomic E-state index is -0.977. The number of hydrogen-bond donors (Lipinski definition) is 2. The van der Waals surface area contributed by atoms with Gasteiger partial charge in [-0.05, 0) is 63.9 Å². The third kappa shape index (κ3) is 9.27. The van der Waals surface area contributed by atoms with Gasteiger partial charge in [-0.15, -0.1) is 0 Å². The minimum Gasteiger partial charge on any atom is -0.481 e. The summed E-state index contributed by atoms with van der Waals surface area (Å²) in [6, 6.07) is 0. The van der Waals surface area contributed by atoms with E-state index in [1.807, 2.05) is 26.0 Å². The number of carbonyl (C=O) groups is 3. The van der Waals surface area contributed by atoms with Gasteiger partial charge < -0.3 is 14.9 Å². The van der Waals surface area contributed by atoms with E-state index in [0.29, 0.717) is 12.8 Å². The number of Topliss-reactive ketones (excluding diaryl/α,β-unsaturated/α-hetero) is 1. The van der Waals surface area contributed by atoms with Gasteiger partial charge in [0.1, 0.15) is 11.9 Å². The summed E-state index contributed by atoms with van der Waals surface area (Å²) in [5.74, 6) is -2.53. The molecule has 7 unspecified atom stereocenters. The number of hydrogen-bond acceptors (Lipinski definition) is 5. The zero-order valence-electron chi connectivity index (χ0n) is 20.8. The van der Waals surface area contributed by atoms with Crippen molar-refractivity contribution in [2.75, 3.05) is 0 Å². The third-order valence-corrected chi connectivity index (χ3v) is 6.47. The molecule has 0 saturated heterocycles. The summed E-state index contributed by atoms with van der Waals surface area (Å²) in [7, 11) is 0. The summed E-state index contributed by atoms with van der Waals surface area (Å²) in [5, 5.41) is 20.0. The normalized spacial score (nSPS) is 36.5. The first-order valence-electron chi connectivity index (χ1n) is 11.8.